The number of carboxylic acid groups (broad SMARTS) is 1. The van der Waals surface area contributed by atoms with E-state index in [0.717, 1.165) is 28.5 Å². The van der Waals surface area contributed by atoms with E-state index in [0.29, 0.717) is 4.91 Å². The molecule has 1 aliphatic rings. The fourth-order valence-electron chi connectivity index (χ4n) is 2.75. The molecular formula is C21H28N2O4S. The lowest BCUT2D eigenvalue weighted by Gasteiger charge is -2.28. The Labute approximate surface area is 170 Å². The molecule has 1 aliphatic heterocycles. The summed E-state index contributed by atoms with van der Waals surface area (Å²) in [6.45, 7) is 13.6. The molecule has 152 valence electrons. The van der Waals surface area contributed by atoms with Crippen LogP contribution >= 0.6 is 11.8 Å². The molecule has 2 rings (SSSR count). The number of amides is 1. The Hall–Kier alpha value is -2.28. The molecule has 0 bridgehead atoms. The molecule has 1 saturated heterocycles. The molecule has 0 radical (unpaired) electrons. The molecule has 6 nitrogen and oxygen atoms in total. The van der Waals surface area contributed by atoms with Gasteiger partial charge in [0, 0.05) is 11.1 Å². The summed E-state index contributed by atoms with van der Waals surface area (Å²) in [4.78, 5) is 27.7. The van der Waals surface area contributed by atoms with Gasteiger partial charge in [-0.05, 0) is 53.3 Å². The number of aliphatic carboxylic acids is 1. The lowest BCUT2D eigenvalue weighted by atomic mass is 9.78. The molecule has 1 atom stereocenters. The third kappa shape index (κ3) is 4.95. The van der Waals surface area contributed by atoms with Crippen molar-refractivity contribution in [3.63, 3.8) is 0 Å². The molecule has 1 aromatic rings. The van der Waals surface area contributed by atoms with Crippen molar-refractivity contribution in [3.05, 3.63) is 33.7 Å². The van der Waals surface area contributed by atoms with E-state index in [2.05, 4.69) is 10.3 Å². The number of carbonyl (C=O) groups excluding carboxylic acids is 1. The number of aromatic hydroxyl groups is 1. The normalized spacial score (nSPS) is 19.2. The van der Waals surface area contributed by atoms with Gasteiger partial charge < -0.3 is 15.5 Å². The highest BCUT2D eigenvalue weighted by Gasteiger charge is 2.28. The second kappa shape index (κ2) is 7.62. The van der Waals surface area contributed by atoms with Crippen molar-refractivity contribution < 1.29 is 19.8 Å². The van der Waals surface area contributed by atoms with E-state index in [4.69, 9.17) is 5.11 Å². The first kappa shape index (κ1) is 22.0. The van der Waals surface area contributed by atoms with Crippen molar-refractivity contribution in [2.24, 2.45) is 4.99 Å². The van der Waals surface area contributed by atoms with E-state index in [1.807, 2.05) is 53.7 Å². The van der Waals surface area contributed by atoms with Crippen LogP contribution in [0.3, 0.4) is 0 Å². The highest BCUT2D eigenvalue weighted by Crippen LogP contribution is 2.40. The second-order valence-electron chi connectivity index (χ2n) is 8.98. The summed E-state index contributed by atoms with van der Waals surface area (Å²) < 4.78 is 0. The van der Waals surface area contributed by atoms with Crippen molar-refractivity contribution in [2.75, 3.05) is 0 Å². The van der Waals surface area contributed by atoms with Crippen molar-refractivity contribution in [1.29, 1.82) is 0 Å². The lowest BCUT2D eigenvalue weighted by Crippen LogP contribution is -2.23. The summed E-state index contributed by atoms with van der Waals surface area (Å²) in [5.41, 5.74) is 1.88. The molecule has 1 heterocycles. The Bertz CT molecular complexity index is 838. The van der Waals surface area contributed by atoms with Crippen molar-refractivity contribution in [2.45, 2.75) is 65.3 Å². The number of carboxylic acids is 1. The minimum atomic E-state index is -1.05. The van der Waals surface area contributed by atoms with Gasteiger partial charge in [0.2, 0.25) is 0 Å². The van der Waals surface area contributed by atoms with E-state index in [1.54, 1.807) is 6.08 Å². The molecule has 28 heavy (non-hydrogen) atoms. The predicted molar refractivity (Wildman–Crippen MR) is 114 cm³/mol. The molecule has 1 amide bonds. The van der Waals surface area contributed by atoms with Gasteiger partial charge in [0.1, 0.15) is 11.8 Å². The molecule has 3 N–H and O–H groups in total. The van der Waals surface area contributed by atoms with E-state index in [1.165, 1.54) is 6.92 Å². The Morgan fingerprint density at radius 2 is 1.64 bits per heavy atom. The Morgan fingerprint density at radius 3 is 2.07 bits per heavy atom. The number of phenols is 1. The summed E-state index contributed by atoms with van der Waals surface area (Å²) in [6.07, 6.45) is 1.75. The summed E-state index contributed by atoms with van der Waals surface area (Å²) in [7, 11) is 0. The molecule has 0 saturated carbocycles. The average molecular weight is 405 g/mol. The summed E-state index contributed by atoms with van der Waals surface area (Å²) in [5, 5.41) is 22.7. The van der Waals surface area contributed by atoms with Crippen molar-refractivity contribution >= 4 is 34.9 Å². The molecule has 0 aliphatic carbocycles. The lowest BCUT2D eigenvalue weighted by molar-refractivity contribution is -0.138. The highest BCUT2D eigenvalue weighted by atomic mass is 32.2. The maximum Gasteiger partial charge on any atom is 0.328 e. The van der Waals surface area contributed by atoms with Gasteiger partial charge in [-0.3, -0.25) is 4.79 Å². The van der Waals surface area contributed by atoms with Crippen LogP contribution in [0.15, 0.2) is 22.0 Å². The van der Waals surface area contributed by atoms with Crippen LogP contribution in [0.1, 0.15) is 65.2 Å². The third-order valence-corrected chi connectivity index (χ3v) is 5.29. The largest absolute Gasteiger partial charge is 0.507 e. The fourth-order valence-corrected chi connectivity index (χ4v) is 3.66. The Kier molecular flexibility index (Phi) is 5.99. The van der Waals surface area contributed by atoms with E-state index in [-0.39, 0.29) is 27.7 Å². The minimum Gasteiger partial charge on any atom is -0.507 e. The predicted octanol–water partition coefficient (Wildman–Crippen LogP) is 4.02. The van der Waals surface area contributed by atoms with E-state index < -0.39 is 12.0 Å². The Morgan fingerprint density at radius 1 is 1.14 bits per heavy atom. The zero-order chi connectivity index (χ0) is 21.4. The standard InChI is InChI=1S/C21H28N2O4S/c1-11(18(26)27)22-19-23-17(25)15(28-19)10-12-8-13(20(2,3)4)16(24)14(9-12)21(5,6)7/h8-11,24H,1-7H3,(H,26,27)(H,22,23,25). The average Bonchev–Trinajstić information content (AvgIpc) is 2.85. The number of phenolic OH excluding ortho intramolecular Hbond substituents is 1. The number of hydrogen-bond donors (Lipinski definition) is 3. The number of thioether (sulfide) groups is 1. The summed E-state index contributed by atoms with van der Waals surface area (Å²) >= 11 is 1.11. The number of amidine groups is 1. The number of aliphatic imine (C=N–C) groups is 1. The van der Waals surface area contributed by atoms with Crippen LogP contribution in [-0.4, -0.2) is 33.3 Å². The molecule has 1 unspecified atom stereocenters. The molecule has 1 aromatic carbocycles. The van der Waals surface area contributed by atoms with Crippen LogP contribution in [0.4, 0.5) is 0 Å². The monoisotopic (exact) mass is 404 g/mol. The van der Waals surface area contributed by atoms with Gasteiger partial charge >= 0.3 is 5.97 Å². The zero-order valence-corrected chi connectivity index (χ0v) is 18.2. The smallest absolute Gasteiger partial charge is 0.328 e. The van der Waals surface area contributed by atoms with Gasteiger partial charge in [-0.15, -0.1) is 0 Å². The molecule has 1 fully saturated rings. The van der Waals surface area contributed by atoms with E-state index >= 15 is 0 Å². The molecule has 0 spiro atoms. The SMILES string of the molecule is CC(N=C1NC(=O)C(=Cc2cc(C(C)(C)C)c(O)c(C(C)(C)C)c2)S1)C(=O)O. The number of nitrogens with one attached hydrogen (secondary N) is 1. The summed E-state index contributed by atoms with van der Waals surface area (Å²) in [5.74, 6) is -1.09. The summed E-state index contributed by atoms with van der Waals surface area (Å²) in [6, 6.07) is 2.84. The second-order valence-corrected chi connectivity index (χ2v) is 10.0. The van der Waals surface area contributed by atoms with Gasteiger partial charge in [0.05, 0.1) is 4.91 Å². The van der Waals surface area contributed by atoms with E-state index in [9.17, 15) is 14.7 Å². The maximum absolute atomic E-state index is 12.3. The first-order valence-corrected chi connectivity index (χ1v) is 9.91. The van der Waals surface area contributed by atoms with Gasteiger partial charge in [-0.25, -0.2) is 9.79 Å². The van der Waals surface area contributed by atoms with Crippen LogP contribution in [-0.2, 0) is 20.4 Å². The molecule has 7 heteroatoms. The number of carbonyl (C=O) groups is 2. The van der Waals surface area contributed by atoms with Crippen LogP contribution < -0.4 is 5.32 Å². The van der Waals surface area contributed by atoms with Crippen LogP contribution in [0.2, 0.25) is 0 Å². The highest BCUT2D eigenvalue weighted by molar-refractivity contribution is 8.18. The van der Waals surface area contributed by atoms with Crippen molar-refractivity contribution in [1.82, 2.24) is 5.32 Å². The quantitative estimate of drug-likeness (QED) is 0.661. The van der Waals surface area contributed by atoms with Gasteiger partial charge in [-0.2, -0.15) is 0 Å². The first-order chi connectivity index (χ1) is 12.7. The maximum atomic E-state index is 12.3. The number of hydrogen-bond acceptors (Lipinski definition) is 5. The zero-order valence-electron chi connectivity index (χ0n) is 17.4. The number of rotatable bonds is 3. The third-order valence-electron chi connectivity index (χ3n) is 4.37. The Balaban J connectivity index is 2.51. The fraction of sp³-hybridized carbons (Fsp3) is 0.476. The van der Waals surface area contributed by atoms with Gasteiger partial charge in [0.25, 0.3) is 5.91 Å². The van der Waals surface area contributed by atoms with Crippen molar-refractivity contribution in [3.8, 4) is 5.75 Å². The van der Waals surface area contributed by atoms with Crippen LogP contribution in [0.25, 0.3) is 6.08 Å². The molecular weight excluding hydrogens is 376 g/mol. The van der Waals surface area contributed by atoms with Gasteiger partial charge in [0.15, 0.2) is 5.17 Å². The topological polar surface area (TPSA) is 99.0 Å². The minimum absolute atomic E-state index is 0.271. The number of benzene rings is 1. The van der Waals surface area contributed by atoms with Crippen LogP contribution in [0, 0.1) is 0 Å². The number of nitrogens with zero attached hydrogens (tertiary/aromatic N) is 1. The van der Waals surface area contributed by atoms with Gasteiger partial charge in [-0.1, -0.05) is 41.5 Å². The molecule has 0 aromatic heterocycles. The first-order valence-electron chi connectivity index (χ1n) is 9.09. The van der Waals surface area contributed by atoms with Crippen LogP contribution in [0.5, 0.6) is 5.75 Å².